The lowest BCUT2D eigenvalue weighted by Crippen LogP contribution is -2.58. The highest BCUT2D eigenvalue weighted by molar-refractivity contribution is 6.00. The number of likely N-dealkylation sites (tertiary alicyclic amines) is 1. The molecule has 3 atom stereocenters. The fourth-order valence-corrected chi connectivity index (χ4v) is 6.89. The molecule has 40 heavy (non-hydrogen) atoms. The Labute approximate surface area is 233 Å². The molecule has 3 aromatic rings. The third kappa shape index (κ3) is 4.21. The molecule has 1 saturated heterocycles. The van der Waals surface area contributed by atoms with Gasteiger partial charge in [0.25, 0.3) is 11.8 Å². The van der Waals surface area contributed by atoms with E-state index in [1.807, 2.05) is 12.1 Å². The van der Waals surface area contributed by atoms with Crippen LogP contribution < -0.4 is 0 Å². The molecule has 2 fully saturated rings. The topological polar surface area (TPSA) is 71.9 Å². The van der Waals surface area contributed by atoms with Gasteiger partial charge in [-0.2, -0.15) is 0 Å². The third-order valence-electron chi connectivity index (χ3n) is 8.87. The molecule has 0 N–H and O–H groups in total. The summed E-state index contributed by atoms with van der Waals surface area (Å²) in [5, 5.41) is 0. The molecule has 3 aliphatic rings. The molecule has 6 rings (SSSR count). The summed E-state index contributed by atoms with van der Waals surface area (Å²) in [6.45, 7) is 1.16. The van der Waals surface area contributed by atoms with Crippen LogP contribution in [0.15, 0.2) is 60.7 Å². The summed E-state index contributed by atoms with van der Waals surface area (Å²) in [7, 11) is 4.84. The number of hydrogen-bond donors (Lipinski definition) is 0. The van der Waals surface area contributed by atoms with Crippen LogP contribution in [0.25, 0.3) is 0 Å². The number of carbonyl (C=O) groups excluding carboxylic acids is 3. The summed E-state index contributed by atoms with van der Waals surface area (Å²) in [6.07, 6.45) is 3.12. The van der Waals surface area contributed by atoms with Gasteiger partial charge < -0.3 is 19.1 Å². The average molecular weight is 544 g/mol. The Bertz CT molecular complexity index is 1460. The third-order valence-corrected chi connectivity index (χ3v) is 8.87. The lowest BCUT2D eigenvalue weighted by Gasteiger charge is -2.40. The molecule has 2 aliphatic carbocycles. The highest BCUT2D eigenvalue weighted by atomic mass is 19.1. The maximum absolute atomic E-state index is 14.1. The van der Waals surface area contributed by atoms with Crippen LogP contribution in [0.2, 0.25) is 0 Å². The van der Waals surface area contributed by atoms with Crippen molar-refractivity contribution in [3.05, 3.63) is 94.6 Å². The van der Waals surface area contributed by atoms with E-state index in [9.17, 15) is 18.8 Å². The van der Waals surface area contributed by atoms with Crippen molar-refractivity contribution in [2.24, 2.45) is 11.8 Å². The van der Waals surface area contributed by atoms with Crippen molar-refractivity contribution in [3.8, 4) is 0 Å². The van der Waals surface area contributed by atoms with Gasteiger partial charge >= 0.3 is 5.97 Å². The zero-order chi connectivity index (χ0) is 28.2. The van der Waals surface area contributed by atoms with Gasteiger partial charge in [-0.15, -0.1) is 0 Å². The fourth-order valence-electron chi connectivity index (χ4n) is 6.89. The lowest BCUT2D eigenvalue weighted by molar-refractivity contribution is -0.153. The minimum Gasteiger partial charge on any atom is -0.467 e. The number of methoxy groups -OCH3 is 1. The maximum Gasteiger partial charge on any atom is 0.332 e. The van der Waals surface area contributed by atoms with Crippen LogP contribution in [0.1, 0.15) is 56.4 Å². The quantitative estimate of drug-likeness (QED) is 0.417. The van der Waals surface area contributed by atoms with E-state index in [-0.39, 0.29) is 35.9 Å². The van der Waals surface area contributed by atoms with Gasteiger partial charge in [-0.05, 0) is 72.6 Å². The van der Waals surface area contributed by atoms with Crippen LogP contribution in [-0.4, -0.2) is 65.4 Å². The number of aromatic nitrogens is 1. The van der Waals surface area contributed by atoms with Crippen LogP contribution in [0.4, 0.5) is 4.39 Å². The normalized spacial score (nSPS) is 23.1. The average Bonchev–Trinajstić information content (AvgIpc) is 3.51. The van der Waals surface area contributed by atoms with Crippen LogP contribution in [0.3, 0.4) is 0 Å². The Morgan fingerprint density at radius 2 is 1.75 bits per heavy atom. The molecule has 0 spiro atoms. The smallest absolute Gasteiger partial charge is 0.332 e. The molecule has 2 amide bonds. The second-order valence-electron chi connectivity index (χ2n) is 11.6. The first-order chi connectivity index (χ1) is 19.2. The molecule has 2 aromatic carbocycles. The number of amides is 2. The second-order valence-corrected chi connectivity index (χ2v) is 11.6. The lowest BCUT2D eigenvalue weighted by atomic mass is 9.75. The first-order valence-electron chi connectivity index (χ1n) is 13.9. The van der Waals surface area contributed by atoms with Crippen molar-refractivity contribution in [2.45, 2.75) is 43.7 Å². The van der Waals surface area contributed by atoms with Gasteiger partial charge in [0, 0.05) is 50.8 Å². The summed E-state index contributed by atoms with van der Waals surface area (Å²) >= 11 is 0. The summed E-state index contributed by atoms with van der Waals surface area (Å²) in [5.41, 5.74) is 2.49. The number of benzene rings is 2. The molecular formula is C32H34FN3O4. The van der Waals surface area contributed by atoms with E-state index < -0.39 is 11.5 Å². The first kappa shape index (κ1) is 26.3. The zero-order valence-electron chi connectivity index (χ0n) is 23.1. The van der Waals surface area contributed by atoms with Gasteiger partial charge in [0.2, 0.25) is 0 Å². The molecule has 1 aliphatic heterocycles. The first-order valence-corrected chi connectivity index (χ1v) is 13.9. The highest BCUT2D eigenvalue weighted by Gasteiger charge is 2.64. The Kier molecular flexibility index (Phi) is 6.51. The van der Waals surface area contributed by atoms with Gasteiger partial charge in [0.15, 0.2) is 5.54 Å². The van der Waals surface area contributed by atoms with Crippen LogP contribution in [0, 0.1) is 17.7 Å². The minimum absolute atomic E-state index is 0.0221. The van der Waals surface area contributed by atoms with Crippen molar-refractivity contribution in [2.75, 3.05) is 27.7 Å². The van der Waals surface area contributed by atoms with E-state index in [0.717, 1.165) is 36.2 Å². The maximum atomic E-state index is 14.1. The van der Waals surface area contributed by atoms with E-state index in [1.165, 1.54) is 19.2 Å². The largest absolute Gasteiger partial charge is 0.467 e. The van der Waals surface area contributed by atoms with Crippen LogP contribution >= 0.6 is 0 Å². The molecule has 1 saturated carbocycles. The van der Waals surface area contributed by atoms with E-state index in [1.54, 1.807) is 60.3 Å². The second kappa shape index (κ2) is 9.91. The number of rotatable bonds is 7. The Balaban J connectivity index is 1.53. The van der Waals surface area contributed by atoms with Crippen molar-refractivity contribution in [1.82, 2.24) is 14.4 Å². The standard InChI is InChI=1S/C32H34FN3O4/c1-34(2)30(38)27-16-25-26(35(27)18-21-9-10-21)15-23-19-36(29(37)22-7-5-4-6-8-22)32(28(23)25,31(39)40-3)17-20-11-13-24(33)14-12-20/h4-8,11-14,16,21,23,28H,9-10,15,17-19H2,1-3H3/t23-,28+,32+/m0/s1. The van der Waals surface area contributed by atoms with Gasteiger partial charge in [-0.3, -0.25) is 9.59 Å². The Hall–Kier alpha value is -3.94. The van der Waals surface area contributed by atoms with Crippen molar-refractivity contribution in [3.63, 3.8) is 0 Å². The Morgan fingerprint density at radius 1 is 1.05 bits per heavy atom. The zero-order valence-corrected chi connectivity index (χ0v) is 23.1. The molecule has 2 heterocycles. The van der Waals surface area contributed by atoms with E-state index in [4.69, 9.17) is 4.74 Å². The van der Waals surface area contributed by atoms with Gasteiger partial charge in [0.05, 0.1) is 7.11 Å². The molecule has 0 bridgehead atoms. The minimum atomic E-state index is -1.36. The van der Waals surface area contributed by atoms with E-state index in [2.05, 4.69) is 4.57 Å². The molecule has 7 nitrogen and oxygen atoms in total. The predicted molar refractivity (Wildman–Crippen MR) is 147 cm³/mol. The number of carbonyl (C=O) groups is 3. The number of hydrogen-bond acceptors (Lipinski definition) is 4. The molecule has 1 aromatic heterocycles. The number of ether oxygens (including phenoxy) is 1. The molecule has 0 unspecified atom stereocenters. The number of fused-ring (bicyclic) bond motifs is 3. The van der Waals surface area contributed by atoms with Crippen molar-refractivity contribution >= 4 is 17.8 Å². The predicted octanol–water partition coefficient (Wildman–Crippen LogP) is 4.31. The molecule has 208 valence electrons. The number of nitrogens with zero attached hydrogens (tertiary/aromatic N) is 3. The summed E-state index contributed by atoms with van der Waals surface area (Å²) < 4.78 is 21.5. The van der Waals surface area contributed by atoms with Crippen molar-refractivity contribution in [1.29, 1.82) is 0 Å². The van der Waals surface area contributed by atoms with Crippen LogP contribution in [0.5, 0.6) is 0 Å². The van der Waals surface area contributed by atoms with E-state index in [0.29, 0.717) is 30.1 Å². The van der Waals surface area contributed by atoms with Gasteiger partial charge in [0.1, 0.15) is 11.5 Å². The number of halogens is 1. The number of esters is 1. The summed E-state index contributed by atoms with van der Waals surface area (Å²) in [4.78, 5) is 44.7. The fraction of sp³-hybridized carbons (Fsp3) is 0.406. The van der Waals surface area contributed by atoms with Gasteiger partial charge in [-0.1, -0.05) is 30.3 Å². The summed E-state index contributed by atoms with van der Waals surface area (Å²) in [5.74, 6) is -1.05. The monoisotopic (exact) mass is 543 g/mol. The molecule has 0 radical (unpaired) electrons. The summed E-state index contributed by atoms with van der Waals surface area (Å²) in [6, 6.07) is 17.0. The molecule has 8 heteroatoms. The Morgan fingerprint density at radius 3 is 2.38 bits per heavy atom. The van der Waals surface area contributed by atoms with Crippen molar-refractivity contribution < 1.29 is 23.5 Å². The van der Waals surface area contributed by atoms with Crippen LogP contribution in [-0.2, 0) is 28.9 Å². The molecular weight excluding hydrogens is 509 g/mol. The van der Waals surface area contributed by atoms with Gasteiger partial charge in [-0.25, -0.2) is 9.18 Å². The van der Waals surface area contributed by atoms with E-state index >= 15 is 0 Å². The SMILES string of the molecule is COC(=O)[C@@]1(Cc2ccc(F)cc2)[C@H]2c3cc(C(=O)N(C)C)n(CC4CC4)c3C[C@H]2CN1C(=O)c1ccccc1. The highest BCUT2D eigenvalue weighted by Crippen LogP contribution is 2.55.